The molecule has 2 rings (SSSR count). The van der Waals surface area contributed by atoms with Crippen molar-refractivity contribution in [3.8, 4) is 0 Å². The zero-order chi connectivity index (χ0) is 17.7. The normalized spacial score (nSPS) is 11.6. The molecule has 0 aliphatic carbocycles. The number of amides is 1. The lowest BCUT2D eigenvalue weighted by atomic mass is 10.1. The fraction of sp³-hybridized carbons (Fsp3) is 0.125. The first-order valence-electron chi connectivity index (χ1n) is 6.85. The highest BCUT2D eigenvalue weighted by molar-refractivity contribution is 6.42. The van der Waals surface area contributed by atoms with Gasteiger partial charge in [0.05, 0.1) is 16.5 Å². The van der Waals surface area contributed by atoms with E-state index in [0.29, 0.717) is 16.4 Å². The molecule has 0 spiro atoms. The summed E-state index contributed by atoms with van der Waals surface area (Å²) in [5.74, 6) is -2.27. The minimum Gasteiger partial charge on any atom is -0.481 e. The number of carboxylic acid groups (broad SMARTS) is 1. The van der Waals surface area contributed by atoms with Crippen molar-refractivity contribution >= 4 is 46.5 Å². The van der Waals surface area contributed by atoms with Gasteiger partial charge in [-0.1, -0.05) is 29.3 Å². The maximum absolute atomic E-state index is 13.2. The minimum atomic E-state index is -1.17. The van der Waals surface area contributed by atoms with Crippen LogP contribution in [0.5, 0.6) is 0 Å². The molecule has 0 aliphatic heterocycles. The van der Waals surface area contributed by atoms with Gasteiger partial charge < -0.3 is 15.7 Å². The smallest absolute Gasteiger partial charge is 0.305 e. The second-order valence-corrected chi connectivity index (χ2v) is 5.74. The fourth-order valence-corrected chi connectivity index (χ4v) is 2.26. The van der Waals surface area contributed by atoms with Gasteiger partial charge in [0.2, 0.25) is 5.91 Å². The molecule has 0 saturated heterocycles. The maximum Gasteiger partial charge on any atom is 0.305 e. The highest BCUT2D eigenvalue weighted by Crippen LogP contribution is 2.25. The van der Waals surface area contributed by atoms with Gasteiger partial charge in [-0.3, -0.25) is 9.59 Å². The summed E-state index contributed by atoms with van der Waals surface area (Å²) in [4.78, 5) is 23.3. The molecule has 0 aliphatic rings. The summed E-state index contributed by atoms with van der Waals surface area (Å²) < 4.78 is 13.2. The van der Waals surface area contributed by atoms with E-state index in [9.17, 15) is 14.0 Å². The molecule has 1 amide bonds. The number of benzene rings is 2. The van der Waals surface area contributed by atoms with Crippen LogP contribution in [0.15, 0.2) is 42.5 Å². The lowest BCUT2D eigenvalue weighted by molar-refractivity contribution is -0.138. The van der Waals surface area contributed by atoms with Crippen molar-refractivity contribution < 1.29 is 19.1 Å². The van der Waals surface area contributed by atoms with Crippen LogP contribution in [-0.2, 0) is 9.59 Å². The Morgan fingerprint density at radius 3 is 2.46 bits per heavy atom. The largest absolute Gasteiger partial charge is 0.481 e. The van der Waals surface area contributed by atoms with E-state index in [-0.39, 0.29) is 5.02 Å². The summed E-state index contributed by atoms with van der Waals surface area (Å²) in [7, 11) is 0. The topological polar surface area (TPSA) is 78.4 Å². The number of rotatable bonds is 6. The van der Waals surface area contributed by atoms with E-state index in [0.717, 1.165) is 0 Å². The Morgan fingerprint density at radius 1 is 1.08 bits per heavy atom. The summed E-state index contributed by atoms with van der Waals surface area (Å²) in [5.41, 5.74) is 0.663. The second-order valence-electron chi connectivity index (χ2n) is 4.92. The monoisotopic (exact) mass is 370 g/mol. The van der Waals surface area contributed by atoms with Gasteiger partial charge in [-0.25, -0.2) is 4.39 Å². The highest BCUT2D eigenvalue weighted by Gasteiger charge is 2.22. The van der Waals surface area contributed by atoms with Gasteiger partial charge in [-0.15, -0.1) is 0 Å². The number of carbonyl (C=O) groups is 2. The van der Waals surface area contributed by atoms with E-state index in [1.54, 1.807) is 0 Å². The quantitative estimate of drug-likeness (QED) is 0.717. The third-order valence-electron chi connectivity index (χ3n) is 3.05. The molecule has 24 heavy (non-hydrogen) atoms. The third-order valence-corrected chi connectivity index (χ3v) is 3.79. The maximum atomic E-state index is 13.2. The van der Waals surface area contributed by atoms with Crippen molar-refractivity contribution in [2.24, 2.45) is 0 Å². The molecular formula is C16H13Cl2FN2O3. The second kappa shape index (κ2) is 7.99. The van der Waals surface area contributed by atoms with Crippen LogP contribution >= 0.6 is 23.2 Å². The Hall–Kier alpha value is -2.31. The van der Waals surface area contributed by atoms with Crippen molar-refractivity contribution in [2.75, 3.05) is 10.6 Å². The highest BCUT2D eigenvalue weighted by atomic mass is 35.5. The summed E-state index contributed by atoms with van der Waals surface area (Å²) >= 11 is 11.7. The predicted molar refractivity (Wildman–Crippen MR) is 91.2 cm³/mol. The number of hydrogen-bond acceptors (Lipinski definition) is 3. The molecule has 0 fully saturated rings. The molecule has 2 aromatic carbocycles. The molecule has 0 unspecified atom stereocenters. The standard InChI is InChI=1S/C16H13Cl2FN2O3/c17-12-5-4-11(7-13(12)18)21-16(24)14(8-15(22)23)20-10-3-1-2-9(19)6-10/h1-7,14,20H,8H2,(H,21,24)(H,22,23)/t14-/m1/s1. The SMILES string of the molecule is O=C(O)C[C@@H](Nc1cccc(F)c1)C(=O)Nc1ccc(Cl)c(Cl)c1. The number of nitrogens with one attached hydrogen (secondary N) is 2. The number of anilines is 2. The summed E-state index contributed by atoms with van der Waals surface area (Å²) in [6.07, 6.45) is -0.482. The number of halogens is 3. The van der Waals surface area contributed by atoms with Gasteiger partial charge in [0.1, 0.15) is 11.9 Å². The van der Waals surface area contributed by atoms with Crippen LogP contribution in [-0.4, -0.2) is 23.0 Å². The van der Waals surface area contributed by atoms with Crippen LogP contribution < -0.4 is 10.6 Å². The molecule has 0 aromatic heterocycles. The van der Waals surface area contributed by atoms with E-state index in [1.165, 1.54) is 42.5 Å². The van der Waals surface area contributed by atoms with Gasteiger partial charge in [0, 0.05) is 11.4 Å². The molecule has 0 heterocycles. The summed E-state index contributed by atoms with van der Waals surface area (Å²) in [6, 6.07) is 8.78. The minimum absolute atomic E-state index is 0.252. The van der Waals surface area contributed by atoms with E-state index < -0.39 is 30.2 Å². The van der Waals surface area contributed by atoms with Crippen molar-refractivity contribution in [1.82, 2.24) is 0 Å². The van der Waals surface area contributed by atoms with Gasteiger partial charge >= 0.3 is 5.97 Å². The number of carbonyl (C=O) groups excluding carboxylic acids is 1. The Labute approximate surface area is 147 Å². The van der Waals surface area contributed by atoms with Crippen molar-refractivity contribution in [3.63, 3.8) is 0 Å². The molecule has 126 valence electrons. The molecule has 0 radical (unpaired) electrons. The van der Waals surface area contributed by atoms with Gasteiger partial charge in [-0.2, -0.15) is 0 Å². The van der Waals surface area contributed by atoms with Gasteiger partial charge in [-0.05, 0) is 36.4 Å². The summed E-state index contributed by atoms with van der Waals surface area (Å²) in [5, 5.41) is 14.8. The average Bonchev–Trinajstić information content (AvgIpc) is 2.50. The molecule has 2 aromatic rings. The van der Waals surface area contributed by atoms with Gasteiger partial charge in [0.15, 0.2) is 0 Å². The predicted octanol–water partition coefficient (Wildman–Crippen LogP) is 4.03. The fourth-order valence-electron chi connectivity index (χ4n) is 1.97. The van der Waals surface area contributed by atoms with Crippen LogP contribution in [0, 0.1) is 5.82 Å². The van der Waals surface area contributed by atoms with Gasteiger partial charge in [0.25, 0.3) is 0 Å². The van der Waals surface area contributed by atoms with Crippen LogP contribution in [0.2, 0.25) is 10.0 Å². The first-order chi connectivity index (χ1) is 11.3. The van der Waals surface area contributed by atoms with E-state index in [2.05, 4.69) is 10.6 Å². The van der Waals surface area contributed by atoms with Crippen LogP contribution in [0.3, 0.4) is 0 Å². The lowest BCUT2D eigenvalue weighted by Crippen LogP contribution is -2.36. The van der Waals surface area contributed by atoms with Crippen molar-refractivity contribution in [2.45, 2.75) is 12.5 Å². The average molecular weight is 371 g/mol. The van der Waals surface area contributed by atoms with Crippen LogP contribution in [0.4, 0.5) is 15.8 Å². The molecule has 5 nitrogen and oxygen atoms in total. The Morgan fingerprint density at radius 2 is 1.83 bits per heavy atom. The zero-order valence-electron chi connectivity index (χ0n) is 12.2. The van der Waals surface area contributed by atoms with Crippen LogP contribution in [0.25, 0.3) is 0 Å². The van der Waals surface area contributed by atoms with Crippen LogP contribution in [0.1, 0.15) is 6.42 Å². The molecule has 0 bridgehead atoms. The molecule has 0 saturated carbocycles. The number of hydrogen-bond donors (Lipinski definition) is 3. The Balaban J connectivity index is 2.15. The van der Waals surface area contributed by atoms with E-state index in [1.807, 2.05) is 0 Å². The lowest BCUT2D eigenvalue weighted by Gasteiger charge is -2.18. The van der Waals surface area contributed by atoms with Crippen molar-refractivity contribution in [3.05, 3.63) is 58.3 Å². The molecule has 8 heteroatoms. The number of carboxylic acids is 1. The zero-order valence-corrected chi connectivity index (χ0v) is 13.7. The molecular weight excluding hydrogens is 358 g/mol. The molecule has 3 N–H and O–H groups in total. The van der Waals surface area contributed by atoms with E-state index in [4.69, 9.17) is 28.3 Å². The van der Waals surface area contributed by atoms with E-state index >= 15 is 0 Å². The van der Waals surface area contributed by atoms with Crippen molar-refractivity contribution in [1.29, 1.82) is 0 Å². The molecule has 1 atom stereocenters. The first-order valence-corrected chi connectivity index (χ1v) is 7.60. The first kappa shape index (κ1) is 18.0. The Bertz CT molecular complexity index is 771. The summed E-state index contributed by atoms with van der Waals surface area (Å²) in [6.45, 7) is 0. The number of aliphatic carboxylic acids is 1. The third kappa shape index (κ3) is 5.11. The Kier molecular flexibility index (Phi) is 6.00.